The number of para-hydroxylation sites is 2. The van der Waals surface area contributed by atoms with Crippen LogP contribution in [0.2, 0.25) is 0 Å². The van der Waals surface area contributed by atoms with Gasteiger partial charge in [-0.05, 0) is 123 Å². The van der Waals surface area contributed by atoms with Gasteiger partial charge in [0.15, 0.2) is 0 Å². The Labute approximate surface area is 386 Å². The maximum absolute atomic E-state index is 11.8. The summed E-state index contributed by atoms with van der Waals surface area (Å²) in [6, 6.07) is 23.3. The molecule has 0 aliphatic carbocycles. The molecule has 0 fully saturated rings. The normalized spacial score (nSPS) is 11.1. The van der Waals surface area contributed by atoms with E-state index in [2.05, 4.69) is 52.0 Å². The molecule has 346 valence electrons. The van der Waals surface area contributed by atoms with Crippen molar-refractivity contribution >= 4 is 34.7 Å². The van der Waals surface area contributed by atoms with Crippen LogP contribution < -0.4 is 10.2 Å². The topological polar surface area (TPSA) is 186 Å². The third-order valence-corrected chi connectivity index (χ3v) is 10.4. The number of aryl methyl sites for hydroxylation is 2. The maximum atomic E-state index is 11.8. The average Bonchev–Trinajstić information content (AvgIpc) is 3.25. The Balaban J connectivity index is 0.000000474. The summed E-state index contributed by atoms with van der Waals surface area (Å²) < 4.78 is 0. The molecule has 0 heterocycles. The van der Waals surface area contributed by atoms with Gasteiger partial charge in [-0.3, -0.25) is 9.98 Å². The van der Waals surface area contributed by atoms with E-state index in [-0.39, 0.29) is 27.6 Å². The van der Waals surface area contributed by atoms with Crippen molar-refractivity contribution in [1.29, 1.82) is 0 Å². The van der Waals surface area contributed by atoms with Crippen LogP contribution in [0.25, 0.3) is 0 Å². The number of nitrogens with zero attached hydrogens (tertiary/aromatic N) is 2. The van der Waals surface area contributed by atoms with Crippen molar-refractivity contribution in [3.63, 3.8) is 0 Å². The molecule has 11 heteroatoms. The van der Waals surface area contributed by atoms with Crippen LogP contribution in [0.1, 0.15) is 174 Å². The third-order valence-electron chi connectivity index (χ3n) is 10.4. The number of unbranched alkanes of at least 4 members (excludes halogenated alkanes) is 6. The second kappa shape index (κ2) is 31.7. The zero-order valence-corrected chi connectivity index (χ0v) is 39.3. The predicted molar refractivity (Wildman–Crippen MR) is 250 cm³/mol. The number of hydrogen-bond donors (Lipinski definition) is 4. The van der Waals surface area contributed by atoms with Crippen molar-refractivity contribution in [2.75, 3.05) is 0 Å². The number of phenolic OH excluding ortho intramolecular Hbond substituents is 2. The number of aliphatic imine (C=N–C) groups is 2. The molecule has 0 bridgehead atoms. The van der Waals surface area contributed by atoms with E-state index in [0.29, 0.717) is 36.8 Å². The van der Waals surface area contributed by atoms with Crippen molar-refractivity contribution in [2.24, 2.45) is 9.98 Å². The quantitative estimate of drug-likeness (QED) is 0.0322. The number of aromatic hydroxyl groups is 2. The number of aromatic carboxylic acids is 2. The van der Waals surface area contributed by atoms with Crippen LogP contribution in [0.15, 0.2) is 82.8 Å². The smallest absolute Gasteiger partial charge is 0.869 e. The molecule has 0 aliphatic rings. The van der Waals surface area contributed by atoms with Gasteiger partial charge in [-0.15, -0.1) is 0 Å². The molecule has 0 saturated heterocycles. The van der Waals surface area contributed by atoms with Gasteiger partial charge in [-0.2, -0.15) is 0 Å². The first kappa shape index (κ1) is 55.9. The number of phenols is 2. The summed E-state index contributed by atoms with van der Waals surface area (Å²) in [5.74, 6) is -4.94. The van der Waals surface area contributed by atoms with Gasteiger partial charge >= 0.3 is 28.4 Å². The molecule has 0 unspecified atom stereocenters. The van der Waals surface area contributed by atoms with Gasteiger partial charge in [0, 0.05) is 0 Å². The third kappa shape index (κ3) is 19.0. The molecular weight excluding hydrogens is 839 g/mol. The molecule has 10 nitrogen and oxygen atoms in total. The fourth-order valence-electron chi connectivity index (χ4n) is 7.13. The number of carboxylic acids is 2. The summed E-state index contributed by atoms with van der Waals surface area (Å²) in [6.45, 7) is 12.6. The fraction of sp³-hybridized carbons (Fsp3) is 0.462. The Morgan fingerprint density at radius 3 is 1.11 bits per heavy atom. The Kier molecular flexibility index (Phi) is 28.1. The standard InChI is InChI=1S/C22H28N2.2C15H22O4.Ni/c1-3-5-17-21(23-19-13-9-7-10-14-19)22(18-6-4-2)24-20-15-11-8-12-16-20;2*1-3-5-6-8-11-10(7-4-2)9-12(16)14(17)13(11)15(18)19;/h7-16H,3-6,17-18H2,1-2H3;2*9,16-17H,3-8H2,1-2H3,(H,18,19);/q;;;+2/p-2. The van der Waals surface area contributed by atoms with E-state index in [1.165, 1.54) is 25.0 Å². The summed E-state index contributed by atoms with van der Waals surface area (Å²) in [5.41, 5.74) is 6.58. The summed E-state index contributed by atoms with van der Waals surface area (Å²) in [7, 11) is 0. The van der Waals surface area contributed by atoms with Gasteiger partial charge in [0.2, 0.25) is 0 Å². The molecule has 0 amide bonds. The van der Waals surface area contributed by atoms with Gasteiger partial charge in [0.25, 0.3) is 0 Å². The SMILES string of the molecule is CCCCC(=Nc1ccccc1)C(CCCC)=Nc1ccccc1.CCCCCc1c(CCC)cc(O)c([O-])c1C(=O)O.CCCCCc1c(CCC)cc(O)c([O-])c1C(=O)O.[Ni+2]. The van der Waals surface area contributed by atoms with E-state index >= 15 is 0 Å². The van der Waals surface area contributed by atoms with Crippen LogP contribution in [0.5, 0.6) is 23.0 Å². The fourth-order valence-corrected chi connectivity index (χ4v) is 7.13. The second-order valence-electron chi connectivity index (χ2n) is 15.5. The summed E-state index contributed by atoms with van der Waals surface area (Å²) >= 11 is 0. The van der Waals surface area contributed by atoms with Crippen LogP contribution in [0.4, 0.5) is 11.4 Å². The van der Waals surface area contributed by atoms with Crippen LogP contribution in [-0.2, 0) is 42.2 Å². The van der Waals surface area contributed by atoms with Gasteiger partial charge in [0.05, 0.1) is 33.9 Å². The number of carboxylic acid groups (broad SMARTS) is 2. The van der Waals surface area contributed by atoms with Crippen molar-refractivity contribution in [2.45, 2.75) is 157 Å². The molecule has 0 atom stereocenters. The molecule has 4 aromatic rings. The van der Waals surface area contributed by atoms with Gasteiger partial charge in [-0.1, -0.05) is 141 Å². The first-order valence-electron chi connectivity index (χ1n) is 22.7. The van der Waals surface area contributed by atoms with Crippen LogP contribution in [0, 0.1) is 0 Å². The van der Waals surface area contributed by atoms with E-state index in [1.54, 1.807) is 0 Å². The molecule has 4 N–H and O–H groups in total. The predicted octanol–water partition coefficient (Wildman–Crippen LogP) is 12.6. The summed E-state index contributed by atoms with van der Waals surface area (Å²) in [5, 5.41) is 61.2. The van der Waals surface area contributed by atoms with E-state index < -0.39 is 34.9 Å². The van der Waals surface area contributed by atoms with Crippen molar-refractivity contribution in [3.8, 4) is 23.0 Å². The zero-order valence-electron chi connectivity index (χ0n) is 38.3. The molecule has 63 heavy (non-hydrogen) atoms. The molecule has 0 saturated carbocycles. The number of rotatable bonds is 23. The Morgan fingerprint density at radius 2 is 0.825 bits per heavy atom. The number of benzene rings is 4. The van der Waals surface area contributed by atoms with Gasteiger partial charge < -0.3 is 30.6 Å². The minimum atomic E-state index is -1.25. The zero-order chi connectivity index (χ0) is 45.9. The van der Waals surface area contributed by atoms with Crippen molar-refractivity contribution in [3.05, 3.63) is 106 Å². The minimum absolute atomic E-state index is 0. The van der Waals surface area contributed by atoms with Crippen molar-refractivity contribution in [1.82, 2.24) is 0 Å². The van der Waals surface area contributed by atoms with Crippen LogP contribution in [0.3, 0.4) is 0 Å². The van der Waals surface area contributed by atoms with Crippen LogP contribution in [-0.4, -0.2) is 43.8 Å². The number of carbonyl (C=O) groups is 2. The maximum Gasteiger partial charge on any atom is 2.00 e. The van der Waals surface area contributed by atoms with Gasteiger partial charge in [0.1, 0.15) is 11.5 Å². The second-order valence-corrected chi connectivity index (χ2v) is 15.5. The average molecular weight is 910 g/mol. The largest absolute Gasteiger partial charge is 2.00 e. The van der Waals surface area contributed by atoms with E-state index in [1.807, 2.05) is 50.2 Å². The monoisotopic (exact) mass is 908 g/mol. The van der Waals surface area contributed by atoms with Gasteiger partial charge in [-0.25, -0.2) is 9.59 Å². The Bertz CT molecular complexity index is 1870. The molecule has 4 rings (SSSR count). The Morgan fingerprint density at radius 1 is 0.492 bits per heavy atom. The summed E-state index contributed by atoms with van der Waals surface area (Å²) in [4.78, 5) is 32.4. The van der Waals surface area contributed by atoms with E-state index in [9.17, 15) is 40.2 Å². The number of hydrogen-bond acceptors (Lipinski definition) is 8. The Hall–Kier alpha value is -5.15. The minimum Gasteiger partial charge on any atom is -0.869 e. The first-order valence-corrected chi connectivity index (χ1v) is 22.7. The molecule has 0 aliphatic heterocycles. The molecule has 0 spiro atoms. The molecular formula is C52H70N2NiO8. The molecule has 0 radical (unpaired) electrons. The summed E-state index contributed by atoms with van der Waals surface area (Å²) in [6.07, 6.45) is 16.6. The first-order chi connectivity index (χ1) is 29.9. The van der Waals surface area contributed by atoms with E-state index in [4.69, 9.17) is 9.98 Å². The van der Waals surface area contributed by atoms with Crippen LogP contribution >= 0.6 is 0 Å². The van der Waals surface area contributed by atoms with E-state index in [0.717, 1.165) is 111 Å². The van der Waals surface area contributed by atoms with Crippen molar-refractivity contribution < 1.29 is 56.7 Å². The molecule has 0 aromatic heterocycles. The molecule has 4 aromatic carbocycles.